The summed E-state index contributed by atoms with van der Waals surface area (Å²) in [5, 5.41) is 5.95. The number of carbonyl (C=O) groups is 1. The first-order valence-corrected chi connectivity index (χ1v) is 8.96. The van der Waals surface area contributed by atoms with Gasteiger partial charge >= 0.3 is 6.03 Å². The largest absolute Gasteiger partial charge is 0.374 e. The van der Waals surface area contributed by atoms with Crippen molar-refractivity contribution >= 4 is 17.8 Å². The number of nitrogens with one attached hydrogen (secondary N) is 2. The number of urea groups is 1. The predicted octanol–water partition coefficient (Wildman–Crippen LogP) is 3.03. The molecular formula is C17H26N2O2S. The Hall–Kier alpha value is -1.20. The van der Waals surface area contributed by atoms with Crippen molar-refractivity contribution in [1.82, 2.24) is 10.6 Å². The van der Waals surface area contributed by atoms with Gasteiger partial charge in [0.15, 0.2) is 0 Å². The van der Waals surface area contributed by atoms with E-state index in [1.807, 2.05) is 55.9 Å². The number of thioether (sulfide) groups is 1. The van der Waals surface area contributed by atoms with Gasteiger partial charge < -0.3 is 15.4 Å². The molecule has 1 aromatic carbocycles. The summed E-state index contributed by atoms with van der Waals surface area (Å²) in [5.41, 5.74) is 0.755. The number of carbonyl (C=O) groups excluding carboxylic acids is 1. The molecule has 1 atom stereocenters. The smallest absolute Gasteiger partial charge is 0.315 e. The normalized spacial score (nSPS) is 18.2. The summed E-state index contributed by atoms with van der Waals surface area (Å²) in [7, 11) is 0. The molecule has 1 fully saturated rings. The first-order chi connectivity index (χ1) is 10.6. The number of ether oxygens (including phenoxy) is 1. The maximum atomic E-state index is 12.0. The molecule has 1 aliphatic heterocycles. The van der Waals surface area contributed by atoms with Crippen LogP contribution >= 0.6 is 11.8 Å². The monoisotopic (exact) mass is 322 g/mol. The highest BCUT2D eigenvalue weighted by molar-refractivity contribution is 7.99. The van der Waals surface area contributed by atoms with Gasteiger partial charge in [0.1, 0.15) is 0 Å². The highest BCUT2D eigenvalue weighted by Crippen LogP contribution is 2.22. The van der Waals surface area contributed by atoms with Crippen molar-refractivity contribution in [3.63, 3.8) is 0 Å². The zero-order valence-corrected chi connectivity index (χ0v) is 14.2. The second-order valence-corrected chi connectivity index (χ2v) is 7.58. The third-order valence-electron chi connectivity index (χ3n) is 3.60. The van der Waals surface area contributed by atoms with Gasteiger partial charge in [-0.25, -0.2) is 4.79 Å². The molecular weight excluding hydrogens is 296 g/mol. The molecule has 22 heavy (non-hydrogen) atoms. The van der Waals surface area contributed by atoms with Gasteiger partial charge in [-0.3, -0.25) is 0 Å². The van der Waals surface area contributed by atoms with Crippen LogP contribution in [0.15, 0.2) is 30.3 Å². The lowest BCUT2D eigenvalue weighted by atomic mass is 10.1. The van der Waals surface area contributed by atoms with Crippen LogP contribution < -0.4 is 10.6 Å². The van der Waals surface area contributed by atoms with Crippen molar-refractivity contribution < 1.29 is 9.53 Å². The lowest BCUT2D eigenvalue weighted by molar-refractivity contribution is 0.0743. The van der Waals surface area contributed by atoms with Crippen LogP contribution in [-0.2, 0) is 11.3 Å². The first-order valence-electron chi connectivity index (χ1n) is 7.80. The van der Waals surface area contributed by atoms with Gasteiger partial charge in [-0.2, -0.15) is 11.8 Å². The molecule has 2 rings (SSSR count). The molecule has 1 saturated heterocycles. The predicted molar refractivity (Wildman–Crippen MR) is 92.1 cm³/mol. The molecule has 2 N–H and O–H groups in total. The van der Waals surface area contributed by atoms with Gasteiger partial charge in [-0.05, 0) is 43.3 Å². The SMILES string of the molecule is CC(C)(COCc1ccccc1)NC(=O)NC[C@@H]1CCSC1. The van der Waals surface area contributed by atoms with E-state index in [9.17, 15) is 4.79 Å². The van der Waals surface area contributed by atoms with Gasteiger partial charge in [0.2, 0.25) is 0 Å². The molecule has 0 bridgehead atoms. The highest BCUT2D eigenvalue weighted by atomic mass is 32.2. The Bertz CT molecular complexity index is 459. The molecule has 0 radical (unpaired) electrons. The minimum Gasteiger partial charge on any atom is -0.374 e. The Kier molecular flexibility index (Phi) is 6.58. The van der Waals surface area contributed by atoms with Crippen molar-refractivity contribution in [3.8, 4) is 0 Å². The van der Waals surface area contributed by atoms with E-state index in [4.69, 9.17) is 4.74 Å². The summed E-state index contributed by atoms with van der Waals surface area (Å²) in [6, 6.07) is 9.94. The van der Waals surface area contributed by atoms with Crippen LogP contribution in [0.25, 0.3) is 0 Å². The topological polar surface area (TPSA) is 50.4 Å². The third-order valence-corrected chi connectivity index (χ3v) is 4.83. The summed E-state index contributed by atoms with van der Waals surface area (Å²) in [6.07, 6.45) is 1.20. The first kappa shape index (κ1) is 17.2. The van der Waals surface area contributed by atoms with E-state index in [0.717, 1.165) is 17.9 Å². The number of hydrogen-bond donors (Lipinski definition) is 2. The second kappa shape index (κ2) is 8.44. The molecule has 0 unspecified atom stereocenters. The van der Waals surface area contributed by atoms with Crippen LogP contribution in [-0.4, -0.2) is 36.2 Å². The highest BCUT2D eigenvalue weighted by Gasteiger charge is 2.22. The van der Waals surface area contributed by atoms with E-state index >= 15 is 0 Å². The quantitative estimate of drug-likeness (QED) is 0.811. The van der Waals surface area contributed by atoms with Crippen LogP contribution in [0.4, 0.5) is 4.79 Å². The van der Waals surface area contributed by atoms with Crippen LogP contribution in [0.1, 0.15) is 25.8 Å². The molecule has 122 valence electrons. The molecule has 0 spiro atoms. The standard InChI is InChI=1S/C17H26N2O2S/c1-17(2,13-21-11-14-6-4-3-5-7-14)19-16(20)18-10-15-8-9-22-12-15/h3-7,15H,8-13H2,1-2H3,(H2,18,19,20)/t15-/m0/s1. The fourth-order valence-corrected chi connectivity index (χ4v) is 3.65. The molecule has 1 aliphatic rings. The van der Waals surface area contributed by atoms with E-state index in [0.29, 0.717) is 19.1 Å². The zero-order chi connectivity index (χ0) is 15.8. The summed E-state index contributed by atoms with van der Waals surface area (Å²) >= 11 is 1.96. The molecule has 4 nitrogen and oxygen atoms in total. The molecule has 1 heterocycles. The molecule has 0 saturated carbocycles. The Labute approximate surface area is 137 Å². The van der Waals surface area contributed by atoms with Gasteiger partial charge in [0.05, 0.1) is 18.8 Å². The molecule has 2 amide bonds. The molecule has 1 aromatic rings. The number of hydrogen-bond acceptors (Lipinski definition) is 3. The maximum absolute atomic E-state index is 12.0. The van der Waals surface area contributed by atoms with Gasteiger partial charge in [-0.15, -0.1) is 0 Å². The summed E-state index contributed by atoms with van der Waals surface area (Å²) in [4.78, 5) is 12.0. The van der Waals surface area contributed by atoms with Crippen molar-refractivity contribution in [1.29, 1.82) is 0 Å². The minimum atomic E-state index is -0.386. The van der Waals surface area contributed by atoms with Crippen LogP contribution in [0.5, 0.6) is 0 Å². The fourth-order valence-electron chi connectivity index (χ4n) is 2.37. The van der Waals surface area contributed by atoms with E-state index in [1.54, 1.807) is 0 Å². The zero-order valence-electron chi connectivity index (χ0n) is 13.4. The summed E-state index contributed by atoms with van der Waals surface area (Å²) in [6.45, 7) is 5.76. The third kappa shape index (κ3) is 6.28. The van der Waals surface area contributed by atoms with Crippen molar-refractivity contribution in [2.24, 2.45) is 5.92 Å². The average molecular weight is 322 g/mol. The van der Waals surface area contributed by atoms with E-state index < -0.39 is 0 Å². The lowest BCUT2D eigenvalue weighted by Gasteiger charge is -2.26. The lowest BCUT2D eigenvalue weighted by Crippen LogP contribution is -2.51. The van der Waals surface area contributed by atoms with Gasteiger partial charge in [-0.1, -0.05) is 30.3 Å². The fraction of sp³-hybridized carbons (Fsp3) is 0.588. The second-order valence-electron chi connectivity index (χ2n) is 6.43. The molecule has 5 heteroatoms. The summed E-state index contributed by atoms with van der Waals surface area (Å²) in [5.74, 6) is 2.99. The van der Waals surface area contributed by atoms with E-state index in [2.05, 4.69) is 10.6 Å². The average Bonchev–Trinajstić information content (AvgIpc) is 2.99. The Morgan fingerprint density at radius 3 is 2.82 bits per heavy atom. The Balaban J connectivity index is 1.64. The van der Waals surface area contributed by atoms with Crippen molar-refractivity contribution in [2.75, 3.05) is 24.7 Å². The van der Waals surface area contributed by atoms with Crippen LogP contribution in [0.3, 0.4) is 0 Å². The Morgan fingerprint density at radius 2 is 2.14 bits per heavy atom. The van der Waals surface area contributed by atoms with Crippen molar-refractivity contribution in [2.45, 2.75) is 32.4 Å². The summed E-state index contributed by atoms with van der Waals surface area (Å²) < 4.78 is 5.72. The maximum Gasteiger partial charge on any atom is 0.315 e. The minimum absolute atomic E-state index is 0.106. The van der Waals surface area contributed by atoms with E-state index in [-0.39, 0.29) is 11.6 Å². The number of amides is 2. The van der Waals surface area contributed by atoms with E-state index in [1.165, 1.54) is 12.2 Å². The molecule has 0 aromatic heterocycles. The van der Waals surface area contributed by atoms with Crippen LogP contribution in [0.2, 0.25) is 0 Å². The number of benzene rings is 1. The number of rotatable bonds is 7. The molecule has 0 aliphatic carbocycles. The van der Waals surface area contributed by atoms with Gasteiger partial charge in [0, 0.05) is 6.54 Å². The van der Waals surface area contributed by atoms with Crippen LogP contribution in [0, 0.1) is 5.92 Å². The van der Waals surface area contributed by atoms with Gasteiger partial charge in [0.25, 0.3) is 0 Å². The van der Waals surface area contributed by atoms with Crippen molar-refractivity contribution in [3.05, 3.63) is 35.9 Å². The Morgan fingerprint density at radius 1 is 1.36 bits per heavy atom.